The van der Waals surface area contributed by atoms with Gasteiger partial charge in [0, 0.05) is 13.1 Å². The van der Waals surface area contributed by atoms with Crippen LogP contribution in [0, 0.1) is 0 Å². The molecule has 1 fully saturated rings. The van der Waals surface area contributed by atoms with E-state index in [4.69, 9.17) is 0 Å². The van der Waals surface area contributed by atoms with Crippen LogP contribution in [0.5, 0.6) is 0 Å². The van der Waals surface area contributed by atoms with Gasteiger partial charge >= 0.3 is 0 Å². The van der Waals surface area contributed by atoms with Gasteiger partial charge in [-0.25, -0.2) is 0 Å². The first-order valence-electron chi connectivity index (χ1n) is 4.59. The predicted octanol–water partition coefficient (Wildman–Crippen LogP) is 1.14. The van der Waals surface area contributed by atoms with Gasteiger partial charge in [0.1, 0.15) is 0 Å². The minimum atomic E-state index is -0.387. The molecule has 1 amide bonds. The number of ketones is 1. The van der Waals surface area contributed by atoms with E-state index in [9.17, 15) is 9.59 Å². The Kier molecular flexibility index (Phi) is 3.23. The van der Waals surface area contributed by atoms with Crippen molar-refractivity contribution in [3.8, 4) is 0 Å². The van der Waals surface area contributed by atoms with E-state index in [1.165, 1.54) is 6.08 Å². The Morgan fingerprint density at radius 1 is 1.15 bits per heavy atom. The number of hydrogen-bond donors (Lipinski definition) is 0. The van der Waals surface area contributed by atoms with Crippen LogP contribution in [0.4, 0.5) is 0 Å². The summed E-state index contributed by atoms with van der Waals surface area (Å²) in [5.41, 5.74) is 0.873. The Labute approximate surface area is 78.4 Å². The first-order chi connectivity index (χ1) is 6.11. The van der Waals surface area contributed by atoms with Crippen molar-refractivity contribution in [2.75, 3.05) is 13.1 Å². The molecule has 0 aromatic heterocycles. The highest BCUT2D eigenvalue weighted by molar-refractivity contribution is 6.40. The molecular weight excluding hydrogens is 166 g/mol. The highest BCUT2D eigenvalue weighted by atomic mass is 16.2. The standard InChI is InChI=1S/C10H15NO2/c1-8(2)7-9(12)10(13)11-5-3-4-6-11/h7H,3-6H2,1-2H3. The van der Waals surface area contributed by atoms with Gasteiger partial charge in [0.15, 0.2) is 0 Å². The molecule has 0 bridgehead atoms. The number of allylic oxidation sites excluding steroid dienone is 1. The molecule has 1 heterocycles. The summed E-state index contributed by atoms with van der Waals surface area (Å²) in [7, 11) is 0. The highest BCUT2D eigenvalue weighted by Crippen LogP contribution is 2.08. The molecule has 1 aliphatic heterocycles. The van der Waals surface area contributed by atoms with Crippen molar-refractivity contribution >= 4 is 11.7 Å². The zero-order valence-corrected chi connectivity index (χ0v) is 8.17. The van der Waals surface area contributed by atoms with Gasteiger partial charge in [0.05, 0.1) is 0 Å². The van der Waals surface area contributed by atoms with Gasteiger partial charge in [0.2, 0.25) is 5.78 Å². The fraction of sp³-hybridized carbons (Fsp3) is 0.600. The summed E-state index contributed by atoms with van der Waals surface area (Å²) in [5, 5.41) is 0. The average molecular weight is 181 g/mol. The summed E-state index contributed by atoms with van der Waals surface area (Å²) >= 11 is 0. The quantitative estimate of drug-likeness (QED) is 0.473. The van der Waals surface area contributed by atoms with Crippen molar-refractivity contribution in [2.45, 2.75) is 26.7 Å². The Morgan fingerprint density at radius 2 is 1.69 bits per heavy atom. The molecular formula is C10H15NO2. The lowest BCUT2D eigenvalue weighted by atomic mass is 10.2. The predicted molar refractivity (Wildman–Crippen MR) is 50.3 cm³/mol. The summed E-state index contributed by atoms with van der Waals surface area (Å²) in [5.74, 6) is -0.736. The van der Waals surface area contributed by atoms with Crippen molar-refractivity contribution in [3.63, 3.8) is 0 Å². The van der Waals surface area contributed by atoms with Crippen LogP contribution >= 0.6 is 0 Å². The molecule has 0 N–H and O–H groups in total. The first kappa shape index (κ1) is 9.96. The molecule has 0 saturated carbocycles. The molecule has 72 valence electrons. The lowest BCUT2D eigenvalue weighted by Crippen LogP contribution is -2.33. The molecule has 0 spiro atoms. The van der Waals surface area contributed by atoms with Crippen LogP contribution in [-0.4, -0.2) is 29.7 Å². The van der Waals surface area contributed by atoms with Crippen LogP contribution in [-0.2, 0) is 9.59 Å². The third-order valence-electron chi connectivity index (χ3n) is 2.02. The van der Waals surface area contributed by atoms with Gasteiger partial charge in [0.25, 0.3) is 5.91 Å². The Bertz CT molecular complexity index is 246. The molecule has 3 nitrogen and oxygen atoms in total. The maximum absolute atomic E-state index is 11.4. The topological polar surface area (TPSA) is 37.4 Å². The summed E-state index contributed by atoms with van der Waals surface area (Å²) in [6.07, 6.45) is 3.45. The van der Waals surface area contributed by atoms with Crippen molar-refractivity contribution < 1.29 is 9.59 Å². The molecule has 1 rings (SSSR count). The van der Waals surface area contributed by atoms with E-state index in [0.717, 1.165) is 31.5 Å². The Hall–Kier alpha value is -1.12. The lowest BCUT2D eigenvalue weighted by Gasteiger charge is -2.12. The third kappa shape index (κ3) is 2.68. The van der Waals surface area contributed by atoms with E-state index in [1.54, 1.807) is 4.90 Å². The molecule has 3 heteroatoms. The highest BCUT2D eigenvalue weighted by Gasteiger charge is 2.22. The Balaban J connectivity index is 2.56. The SMILES string of the molecule is CC(C)=CC(=O)C(=O)N1CCCC1. The second-order valence-corrected chi connectivity index (χ2v) is 3.59. The van der Waals surface area contributed by atoms with E-state index in [1.807, 2.05) is 13.8 Å². The molecule has 0 aliphatic carbocycles. The zero-order chi connectivity index (χ0) is 9.84. The number of amides is 1. The zero-order valence-electron chi connectivity index (χ0n) is 8.17. The van der Waals surface area contributed by atoms with Gasteiger partial charge in [-0.05, 0) is 32.8 Å². The summed E-state index contributed by atoms with van der Waals surface area (Å²) in [6, 6.07) is 0. The fourth-order valence-electron chi connectivity index (χ4n) is 1.40. The second-order valence-electron chi connectivity index (χ2n) is 3.59. The van der Waals surface area contributed by atoms with Crippen molar-refractivity contribution in [1.82, 2.24) is 4.90 Å². The van der Waals surface area contributed by atoms with Gasteiger partial charge in [-0.15, -0.1) is 0 Å². The minimum Gasteiger partial charge on any atom is -0.336 e. The van der Waals surface area contributed by atoms with Gasteiger partial charge in [-0.2, -0.15) is 0 Å². The molecule has 1 saturated heterocycles. The van der Waals surface area contributed by atoms with Crippen molar-refractivity contribution in [3.05, 3.63) is 11.6 Å². The van der Waals surface area contributed by atoms with Gasteiger partial charge in [-0.3, -0.25) is 9.59 Å². The van der Waals surface area contributed by atoms with Crippen LogP contribution in [0.3, 0.4) is 0 Å². The number of likely N-dealkylation sites (tertiary alicyclic amines) is 1. The minimum absolute atomic E-state index is 0.348. The second kappa shape index (κ2) is 4.21. The van der Waals surface area contributed by atoms with E-state index < -0.39 is 0 Å². The smallest absolute Gasteiger partial charge is 0.294 e. The van der Waals surface area contributed by atoms with E-state index in [-0.39, 0.29) is 11.7 Å². The number of carbonyl (C=O) groups is 2. The summed E-state index contributed by atoms with van der Waals surface area (Å²) < 4.78 is 0. The van der Waals surface area contributed by atoms with Gasteiger partial charge < -0.3 is 4.90 Å². The van der Waals surface area contributed by atoms with Crippen LogP contribution in [0.15, 0.2) is 11.6 Å². The van der Waals surface area contributed by atoms with E-state index in [2.05, 4.69) is 0 Å². The Morgan fingerprint density at radius 3 is 2.15 bits per heavy atom. The van der Waals surface area contributed by atoms with E-state index >= 15 is 0 Å². The summed E-state index contributed by atoms with van der Waals surface area (Å²) in [4.78, 5) is 24.3. The summed E-state index contributed by atoms with van der Waals surface area (Å²) in [6.45, 7) is 5.10. The van der Waals surface area contributed by atoms with Gasteiger partial charge in [-0.1, -0.05) is 5.57 Å². The third-order valence-corrected chi connectivity index (χ3v) is 2.02. The first-order valence-corrected chi connectivity index (χ1v) is 4.59. The van der Waals surface area contributed by atoms with Crippen molar-refractivity contribution in [1.29, 1.82) is 0 Å². The molecule has 13 heavy (non-hydrogen) atoms. The van der Waals surface area contributed by atoms with E-state index in [0.29, 0.717) is 0 Å². The van der Waals surface area contributed by atoms with Crippen LogP contribution in [0.1, 0.15) is 26.7 Å². The van der Waals surface area contributed by atoms with Crippen LogP contribution in [0.2, 0.25) is 0 Å². The molecule has 0 unspecified atom stereocenters. The molecule has 0 aromatic rings. The molecule has 0 radical (unpaired) electrons. The maximum Gasteiger partial charge on any atom is 0.294 e. The van der Waals surface area contributed by atoms with Crippen LogP contribution in [0.25, 0.3) is 0 Å². The normalized spacial score (nSPS) is 15.7. The van der Waals surface area contributed by atoms with Crippen LogP contribution < -0.4 is 0 Å². The molecule has 0 aromatic carbocycles. The van der Waals surface area contributed by atoms with Crippen molar-refractivity contribution in [2.24, 2.45) is 0 Å². The lowest BCUT2D eigenvalue weighted by molar-refractivity contribution is -0.141. The largest absolute Gasteiger partial charge is 0.336 e. The number of rotatable bonds is 2. The molecule has 0 atom stereocenters. The fourth-order valence-corrected chi connectivity index (χ4v) is 1.40. The number of nitrogens with zero attached hydrogens (tertiary/aromatic N) is 1. The molecule has 1 aliphatic rings. The maximum atomic E-state index is 11.4. The average Bonchev–Trinajstić information content (AvgIpc) is 2.53. The number of hydrogen-bond acceptors (Lipinski definition) is 2. The number of carbonyl (C=O) groups excluding carboxylic acids is 2. The monoisotopic (exact) mass is 181 g/mol.